The highest BCUT2D eigenvalue weighted by atomic mass is 16.4. The van der Waals surface area contributed by atoms with Crippen molar-refractivity contribution >= 4 is 11.9 Å². The number of hydrogen-bond donors (Lipinski definition) is 1. The average molecular weight is 310 g/mol. The number of aliphatic carboxylic acids is 1. The van der Waals surface area contributed by atoms with Gasteiger partial charge >= 0.3 is 5.97 Å². The molecule has 0 aromatic carbocycles. The summed E-state index contributed by atoms with van der Waals surface area (Å²) in [6.45, 7) is 9.11. The number of likely N-dealkylation sites (tertiary alicyclic amines) is 2. The lowest BCUT2D eigenvalue weighted by Crippen LogP contribution is -2.59. The molecule has 2 aliphatic rings. The molecule has 0 aromatic heterocycles. The van der Waals surface area contributed by atoms with Crippen molar-refractivity contribution in [3.8, 4) is 0 Å². The van der Waals surface area contributed by atoms with Gasteiger partial charge in [0.25, 0.3) is 0 Å². The van der Waals surface area contributed by atoms with Gasteiger partial charge in [0.15, 0.2) is 0 Å². The van der Waals surface area contributed by atoms with Gasteiger partial charge in [-0.3, -0.25) is 9.69 Å². The summed E-state index contributed by atoms with van der Waals surface area (Å²) in [6.07, 6.45) is 4.81. The SMILES string of the molecule is CC(C)C(C(=O)N1CCCC1C(=O)O)N1C(C)CCCC1C. The minimum atomic E-state index is -0.868. The minimum Gasteiger partial charge on any atom is -0.480 e. The van der Waals surface area contributed by atoms with Crippen LogP contribution in [0.4, 0.5) is 0 Å². The molecule has 126 valence electrons. The van der Waals surface area contributed by atoms with Crippen LogP contribution in [0, 0.1) is 5.92 Å². The summed E-state index contributed by atoms with van der Waals surface area (Å²) in [6, 6.07) is -0.0774. The average Bonchev–Trinajstić information content (AvgIpc) is 2.91. The number of carbonyl (C=O) groups is 2. The van der Waals surface area contributed by atoms with Gasteiger partial charge in [-0.15, -0.1) is 0 Å². The van der Waals surface area contributed by atoms with Crippen LogP contribution in [-0.4, -0.2) is 57.5 Å². The van der Waals surface area contributed by atoms with Gasteiger partial charge in [-0.2, -0.15) is 0 Å². The van der Waals surface area contributed by atoms with Crippen molar-refractivity contribution in [3.05, 3.63) is 0 Å². The van der Waals surface area contributed by atoms with Crippen LogP contribution >= 0.6 is 0 Å². The molecule has 1 amide bonds. The number of carboxylic acids is 1. The molecule has 2 fully saturated rings. The Bertz CT molecular complexity index is 414. The van der Waals surface area contributed by atoms with Gasteiger partial charge < -0.3 is 10.0 Å². The molecule has 0 saturated carbocycles. The van der Waals surface area contributed by atoms with Crippen molar-refractivity contribution in [3.63, 3.8) is 0 Å². The normalized spacial score (nSPS) is 31.5. The molecule has 4 atom stereocenters. The van der Waals surface area contributed by atoms with Crippen LogP contribution in [0.25, 0.3) is 0 Å². The lowest BCUT2D eigenvalue weighted by atomic mass is 9.90. The van der Waals surface area contributed by atoms with E-state index in [-0.39, 0.29) is 17.9 Å². The topological polar surface area (TPSA) is 60.9 Å². The molecule has 1 N–H and O–H groups in total. The fourth-order valence-corrected chi connectivity index (χ4v) is 4.20. The molecule has 2 rings (SSSR count). The van der Waals surface area contributed by atoms with Gasteiger partial charge in [0.1, 0.15) is 6.04 Å². The van der Waals surface area contributed by atoms with E-state index in [1.807, 2.05) is 0 Å². The Morgan fingerprint density at radius 1 is 1.05 bits per heavy atom. The zero-order valence-electron chi connectivity index (χ0n) is 14.3. The third-order valence-electron chi connectivity index (χ3n) is 5.29. The Kier molecular flexibility index (Phi) is 5.48. The van der Waals surface area contributed by atoms with Crippen LogP contribution in [0.15, 0.2) is 0 Å². The largest absolute Gasteiger partial charge is 0.480 e. The van der Waals surface area contributed by atoms with Crippen molar-refractivity contribution in [1.82, 2.24) is 9.80 Å². The lowest BCUT2D eigenvalue weighted by Gasteiger charge is -2.46. The summed E-state index contributed by atoms with van der Waals surface area (Å²) >= 11 is 0. The lowest BCUT2D eigenvalue weighted by molar-refractivity contribution is -0.153. The molecule has 5 heteroatoms. The van der Waals surface area contributed by atoms with Gasteiger partial charge in [0.05, 0.1) is 6.04 Å². The van der Waals surface area contributed by atoms with Crippen LogP contribution < -0.4 is 0 Å². The Labute approximate surface area is 133 Å². The fourth-order valence-electron chi connectivity index (χ4n) is 4.20. The van der Waals surface area contributed by atoms with Gasteiger partial charge in [-0.25, -0.2) is 4.79 Å². The number of amides is 1. The highest BCUT2D eigenvalue weighted by Gasteiger charge is 2.43. The molecular formula is C17H30N2O3. The predicted molar refractivity (Wildman–Crippen MR) is 85.6 cm³/mol. The highest BCUT2D eigenvalue weighted by molar-refractivity contribution is 5.87. The Morgan fingerprint density at radius 2 is 1.64 bits per heavy atom. The number of piperidine rings is 1. The first-order valence-corrected chi connectivity index (χ1v) is 8.65. The summed E-state index contributed by atoms with van der Waals surface area (Å²) in [4.78, 5) is 28.5. The van der Waals surface area contributed by atoms with E-state index in [0.29, 0.717) is 25.0 Å². The fraction of sp³-hybridized carbons (Fsp3) is 0.882. The van der Waals surface area contributed by atoms with E-state index >= 15 is 0 Å². The Hall–Kier alpha value is -1.10. The number of rotatable bonds is 4. The molecule has 5 nitrogen and oxygen atoms in total. The number of hydrogen-bond acceptors (Lipinski definition) is 3. The second-order valence-electron chi connectivity index (χ2n) is 7.29. The smallest absolute Gasteiger partial charge is 0.326 e. The summed E-state index contributed by atoms with van der Waals surface area (Å²) in [5.74, 6) is -0.667. The second kappa shape index (κ2) is 6.99. The van der Waals surface area contributed by atoms with E-state index in [1.54, 1.807) is 4.90 Å². The maximum absolute atomic E-state index is 13.1. The summed E-state index contributed by atoms with van der Waals surface area (Å²) in [7, 11) is 0. The van der Waals surface area contributed by atoms with E-state index in [2.05, 4.69) is 32.6 Å². The molecule has 0 aliphatic carbocycles. The van der Waals surface area contributed by atoms with E-state index in [1.165, 1.54) is 6.42 Å². The summed E-state index contributed by atoms with van der Waals surface area (Å²) in [5, 5.41) is 9.36. The zero-order chi connectivity index (χ0) is 16.4. The Balaban J connectivity index is 2.23. The first-order chi connectivity index (χ1) is 10.3. The Morgan fingerprint density at radius 3 is 2.14 bits per heavy atom. The molecule has 0 bridgehead atoms. The molecule has 2 aliphatic heterocycles. The summed E-state index contributed by atoms with van der Waals surface area (Å²) < 4.78 is 0. The van der Waals surface area contributed by atoms with Crippen molar-refractivity contribution in [1.29, 1.82) is 0 Å². The standard InChI is InChI=1S/C17H30N2O3/c1-11(2)15(19-12(3)7-5-8-13(19)4)16(20)18-10-6-9-14(18)17(21)22/h11-15H,5-10H2,1-4H3,(H,21,22). The molecule has 4 unspecified atom stereocenters. The van der Waals surface area contributed by atoms with Crippen LogP contribution in [0.5, 0.6) is 0 Å². The second-order valence-corrected chi connectivity index (χ2v) is 7.29. The first kappa shape index (κ1) is 17.3. The van der Waals surface area contributed by atoms with E-state index in [4.69, 9.17) is 0 Å². The molecule has 2 heterocycles. The maximum Gasteiger partial charge on any atom is 0.326 e. The highest BCUT2D eigenvalue weighted by Crippen LogP contribution is 2.30. The molecule has 0 radical (unpaired) electrons. The third kappa shape index (κ3) is 3.29. The maximum atomic E-state index is 13.1. The quantitative estimate of drug-likeness (QED) is 0.866. The number of nitrogens with zero attached hydrogens (tertiary/aromatic N) is 2. The van der Waals surface area contributed by atoms with Crippen molar-refractivity contribution < 1.29 is 14.7 Å². The van der Waals surface area contributed by atoms with Gasteiger partial charge in [-0.1, -0.05) is 20.3 Å². The van der Waals surface area contributed by atoms with E-state index in [9.17, 15) is 14.7 Å². The van der Waals surface area contributed by atoms with Gasteiger partial charge in [-0.05, 0) is 45.4 Å². The molecule has 22 heavy (non-hydrogen) atoms. The molecule has 0 spiro atoms. The van der Waals surface area contributed by atoms with Crippen LogP contribution in [0.3, 0.4) is 0 Å². The van der Waals surface area contributed by atoms with Crippen LogP contribution in [0.1, 0.15) is 59.8 Å². The zero-order valence-corrected chi connectivity index (χ0v) is 14.3. The number of carboxylic acid groups (broad SMARTS) is 1. The predicted octanol–water partition coefficient (Wildman–Crippen LogP) is 2.35. The van der Waals surface area contributed by atoms with Crippen molar-refractivity contribution in [2.24, 2.45) is 5.92 Å². The molecule has 2 saturated heterocycles. The van der Waals surface area contributed by atoms with Gasteiger partial charge in [0, 0.05) is 18.6 Å². The third-order valence-corrected chi connectivity index (χ3v) is 5.29. The molecule has 0 aromatic rings. The van der Waals surface area contributed by atoms with Crippen molar-refractivity contribution in [2.45, 2.75) is 84.0 Å². The van der Waals surface area contributed by atoms with Crippen LogP contribution in [0.2, 0.25) is 0 Å². The van der Waals surface area contributed by atoms with Crippen LogP contribution in [-0.2, 0) is 9.59 Å². The minimum absolute atomic E-state index is 0.0144. The van der Waals surface area contributed by atoms with E-state index in [0.717, 1.165) is 19.3 Å². The summed E-state index contributed by atoms with van der Waals surface area (Å²) in [5.41, 5.74) is 0. The van der Waals surface area contributed by atoms with E-state index < -0.39 is 12.0 Å². The van der Waals surface area contributed by atoms with Gasteiger partial charge in [0.2, 0.25) is 5.91 Å². The monoisotopic (exact) mass is 310 g/mol. The van der Waals surface area contributed by atoms with Crippen molar-refractivity contribution in [2.75, 3.05) is 6.54 Å². The number of carbonyl (C=O) groups excluding carboxylic acids is 1. The molecular weight excluding hydrogens is 280 g/mol. The first-order valence-electron chi connectivity index (χ1n) is 8.65.